The van der Waals surface area contributed by atoms with E-state index in [2.05, 4.69) is 10.3 Å². The number of phenols is 2. The van der Waals surface area contributed by atoms with Gasteiger partial charge in [-0.1, -0.05) is 23.4 Å². The van der Waals surface area contributed by atoms with Crippen LogP contribution >= 0.6 is 0 Å². The molecule has 0 unspecified atom stereocenters. The van der Waals surface area contributed by atoms with Crippen molar-refractivity contribution in [1.29, 1.82) is 0 Å². The smallest absolute Gasteiger partial charge is 0.161 e. The molecule has 7 heteroatoms. The summed E-state index contributed by atoms with van der Waals surface area (Å²) < 4.78 is 11.7. The van der Waals surface area contributed by atoms with Gasteiger partial charge in [0.2, 0.25) is 0 Å². The molecule has 0 spiro atoms. The second-order valence-corrected chi connectivity index (χ2v) is 5.64. The molecule has 1 heterocycles. The third-order valence-electron chi connectivity index (χ3n) is 3.80. The minimum Gasteiger partial charge on any atom is -0.504 e. The molecule has 27 heavy (non-hydrogen) atoms. The van der Waals surface area contributed by atoms with Crippen molar-refractivity contribution in [2.75, 3.05) is 14.2 Å². The van der Waals surface area contributed by atoms with E-state index in [4.69, 9.17) is 9.47 Å². The summed E-state index contributed by atoms with van der Waals surface area (Å²) in [6.07, 6.45) is 8.94. The van der Waals surface area contributed by atoms with Crippen molar-refractivity contribution in [3.8, 4) is 23.0 Å². The van der Waals surface area contributed by atoms with Crippen molar-refractivity contribution < 1.29 is 19.7 Å². The molecule has 138 valence electrons. The Morgan fingerprint density at radius 3 is 2.33 bits per heavy atom. The summed E-state index contributed by atoms with van der Waals surface area (Å²) in [5.74, 6) is 0.999. The zero-order chi connectivity index (χ0) is 19.2. The maximum absolute atomic E-state index is 9.80. The summed E-state index contributed by atoms with van der Waals surface area (Å²) in [5, 5.41) is 27.5. The first-order valence-electron chi connectivity index (χ1n) is 8.11. The van der Waals surface area contributed by atoms with Gasteiger partial charge in [0.05, 0.1) is 20.4 Å². The Morgan fingerprint density at radius 1 is 0.852 bits per heavy atom. The SMILES string of the molecule is COc1ccc(/C=C/c2cn(/C=C/c3ccc(O)c(OC)c3)nn2)cc1O. The fourth-order valence-corrected chi connectivity index (χ4v) is 2.39. The molecule has 7 nitrogen and oxygen atoms in total. The zero-order valence-corrected chi connectivity index (χ0v) is 14.9. The highest BCUT2D eigenvalue weighted by molar-refractivity contribution is 5.69. The van der Waals surface area contributed by atoms with Gasteiger partial charge in [0.25, 0.3) is 0 Å². The van der Waals surface area contributed by atoms with Gasteiger partial charge in [-0.25, -0.2) is 4.68 Å². The topological polar surface area (TPSA) is 89.6 Å². The van der Waals surface area contributed by atoms with Crippen LogP contribution in [0.1, 0.15) is 16.8 Å². The number of phenolic OH excluding ortho intramolecular Hbond substituents is 2. The van der Waals surface area contributed by atoms with E-state index >= 15 is 0 Å². The molecule has 3 aromatic rings. The monoisotopic (exact) mass is 365 g/mol. The first-order chi connectivity index (χ1) is 13.1. The predicted molar refractivity (Wildman–Crippen MR) is 103 cm³/mol. The highest BCUT2D eigenvalue weighted by atomic mass is 16.5. The van der Waals surface area contributed by atoms with Crippen LogP contribution in [0, 0.1) is 0 Å². The van der Waals surface area contributed by atoms with Gasteiger partial charge < -0.3 is 19.7 Å². The number of aromatic hydroxyl groups is 2. The van der Waals surface area contributed by atoms with E-state index in [9.17, 15) is 10.2 Å². The molecular weight excluding hydrogens is 346 g/mol. The van der Waals surface area contributed by atoms with Crippen LogP contribution in [0.2, 0.25) is 0 Å². The van der Waals surface area contributed by atoms with Gasteiger partial charge in [0.15, 0.2) is 23.0 Å². The minimum atomic E-state index is 0.0792. The van der Waals surface area contributed by atoms with Crippen molar-refractivity contribution in [1.82, 2.24) is 15.0 Å². The number of nitrogens with zero attached hydrogens (tertiary/aromatic N) is 3. The fraction of sp³-hybridized carbons (Fsp3) is 0.100. The summed E-state index contributed by atoms with van der Waals surface area (Å²) in [7, 11) is 3.01. The number of hydrogen-bond donors (Lipinski definition) is 2. The average molecular weight is 365 g/mol. The zero-order valence-electron chi connectivity index (χ0n) is 14.9. The van der Waals surface area contributed by atoms with Crippen LogP contribution in [-0.2, 0) is 0 Å². The molecule has 0 aliphatic heterocycles. The minimum absolute atomic E-state index is 0.0792. The Labute approximate surface area is 156 Å². The third kappa shape index (κ3) is 4.46. The van der Waals surface area contributed by atoms with E-state index in [1.54, 1.807) is 53.5 Å². The van der Waals surface area contributed by atoms with E-state index in [1.165, 1.54) is 14.2 Å². The van der Waals surface area contributed by atoms with Gasteiger partial charge in [-0.15, -0.1) is 5.10 Å². The number of rotatable bonds is 6. The van der Waals surface area contributed by atoms with Crippen molar-refractivity contribution >= 4 is 24.4 Å². The Bertz CT molecular complexity index is 993. The van der Waals surface area contributed by atoms with Crippen LogP contribution < -0.4 is 9.47 Å². The Balaban J connectivity index is 1.70. The standard InChI is InChI=1S/C20H19N3O4/c1-26-19-8-5-14(11-18(19)25)3-6-16-13-23(22-21-16)10-9-15-4-7-17(24)20(12-15)27-2/h3-13,24-25H,1-2H3/b6-3+,10-9+. The lowest BCUT2D eigenvalue weighted by Gasteiger charge is -2.03. The largest absolute Gasteiger partial charge is 0.504 e. The summed E-state index contributed by atoms with van der Waals surface area (Å²) in [6, 6.07) is 10.2. The van der Waals surface area contributed by atoms with Gasteiger partial charge in [0, 0.05) is 6.20 Å². The Kier molecular flexibility index (Phi) is 5.41. The summed E-state index contributed by atoms with van der Waals surface area (Å²) in [6.45, 7) is 0. The van der Waals surface area contributed by atoms with Crippen LogP contribution in [0.15, 0.2) is 42.6 Å². The maximum Gasteiger partial charge on any atom is 0.161 e. The van der Waals surface area contributed by atoms with Gasteiger partial charge in [-0.3, -0.25) is 0 Å². The lowest BCUT2D eigenvalue weighted by molar-refractivity contribution is 0.373. The number of ether oxygens (including phenoxy) is 2. The Morgan fingerprint density at radius 2 is 1.59 bits per heavy atom. The maximum atomic E-state index is 9.80. The molecule has 0 fully saturated rings. The summed E-state index contributed by atoms with van der Waals surface area (Å²) >= 11 is 0. The molecule has 0 radical (unpaired) electrons. The van der Waals surface area contributed by atoms with Crippen LogP contribution in [-0.4, -0.2) is 39.4 Å². The average Bonchev–Trinajstić information content (AvgIpc) is 3.14. The van der Waals surface area contributed by atoms with Crippen LogP contribution in [0.25, 0.3) is 24.4 Å². The van der Waals surface area contributed by atoms with Crippen LogP contribution in [0.3, 0.4) is 0 Å². The molecule has 2 aromatic carbocycles. The number of aromatic nitrogens is 3. The quantitative estimate of drug-likeness (QED) is 0.695. The third-order valence-corrected chi connectivity index (χ3v) is 3.80. The molecule has 0 amide bonds. The van der Waals surface area contributed by atoms with Crippen LogP contribution in [0.5, 0.6) is 23.0 Å². The normalized spacial score (nSPS) is 11.3. The molecule has 0 saturated carbocycles. The highest BCUT2D eigenvalue weighted by Gasteiger charge is 2.02. The molecule has 0 aliphatic carbocycles. The molecule has 0 saturated heterocycles. The van der Waals surface area contributed by atoms with E-state index in [1.807, 2.05) is 18.2 Å². The van der Waals surface area contributed by atoms with Crippen molar-refractivity contribution in [3.63, 3.8) is 0 Å². The molecule has 0 atom stereocenters. The Hall–Kier alpha value is -3.74. The van der Waals surface area contributed by atoms with E-state index < -0.39 is 0 Å². The molecule has 3 rings (SSSR count). The number of benzene rings is 2. The van der Waals surface area contributed by atoms with Gasteiger partial charge in [-0.05, 0) is 47.5 Å². The number of hydrogen-bond acceptors (Lipinski definition) is 6. The van der Waals surface area contributed by atoms with E-state index in [0.29, 0.717) is 17.2 Å². The highest BCUT2D eigenvalue weighted by Crippen LogP contribution is 2.27. The predicted octanol–water partition coefficient (Wildman–Crippen LogP) is 3.50. The van der Waals surface area contributed by atoms with E-state index in [-0.39, 0.29) is 11.5 Å². The fourth-order valence-electron chi connectivity index (χ4n) is 2.39. The first-order valence-corrected chi connectivity index (χ1v) is 8.11. The molecule has 2 N–H and O–H groups in total. The van der Waals surface area contributed by atoms with Crippen molar-refractivity contribution in [2.45, 2.75) is 0 Å². The van der Waals surface area contributed by atoms with Crippen molar-refractivity contribution in [2.24, 2.45) is 0 Å². The summed E-state index contributed by atoms with van der Waals surface area (Å²) in [4.78, 5) is 0. The van der Waals surface area contributed by atoms with Crippen LogP contribution in [0.4, 0.5) is 0 Å². The molecular formula is C20H19N3O4. The molecule has 0 bridgehead atoms. The summed E-state index contributed by atoms with van der Waals surface area (Å²) in [5.41, 5.74) is 2.33. The van der Waals surface area contributed by atoms with E-state index in [0.717, 1.165) is 11.1 Å². The second kappa shape index (κ2) is 8.09. The van der Waals surface area contributed by atoms with Crippen molar-refractivity contribution in [3.05, 3.63) is 59.4 Å². The lowest BCUT2D eigenvalue weighted by atomic mass is 10.2. The molecule has 0 aliphatic rings. The van der Waals surface area contributed by atoms with Gasteiger partial charge in [0.1, 0.15) is 5.69 Å². The number of methoxy groups -OCH3 is 2. The van der Waals surface area contributed by atoms with Gasteiger partial charge in [-0.2, -0.15) is 0 Å². The lowest BCUT2D eigenvalue weighted by Crippen LogP contribution is -1.87. The first kappa shape index (κ1) is 18.1. The second-order valence-electron chi connectivity index (χ2n) is 5.64. The van der Waals surface area contributed by atoms with Gasteiger partial charge >= 0.3 is 0 Å². The molecule has 1 aromatic heterocycles.